The molecule has 4 rings (SSSR count). The topological polar surface area (TPSA) is 53.4 Å². The fraction of sp³-hybridized carbons (Fsp3) is 0.0870. The number of fused-ring (bicyclic) bond motifs is 1. The fourth-order valence-electron chi connectivity index (χ4n) is 2.98. The van der Waals surface area contributed by atoms with Crippen LogP contribution in [0.4, 0.5) is 11.6 Å². The Labute approximate surface area is 174 Å². The standard InChI is InChI=1S/C23H20ClN5/c1-29(2)19-13-7-16(8-14-19)15-25-28-23-26-21-6-4-3-5-20(21)22(27-23)17-9-11-18(24)12-10-17/h3-15H,1-2H3,(H,26,27,28). The van der Waals surface area contributed by atoms with Crippen LogP contribution in [0, 0.1) is 0 Å². The predicted molar refractivity (Wildman–Crippen MR) is 122 cm³/mol. The summed E-state index contributed by atoms with van der Waals surface area (Å²) in [6.07, 6.45) is 1.75. The van der Waals surface area contributed by atoms with E-state index < -0.39 is 0 Å². The van der Waals surface area contributed by atoms with Gasteiger partial charge in [0.15, 0.2) is 0 Å². The lowest BCUT2D eigenvalue weighted by Gasteiger charge is -2.11. The molecule has 0 aliphatic carbocycles. The summed E-state index contributed by atoms with van der Waals surface area (Å²) in [6, 6.07) is 23.7. The third kappa shape index (κ3) is 4.36. The molecule has 0 saturated carbocycles. The molecule has 0 aliphatic rings. The molecule has 4 aromatic rings. The van der Waals surface area contributed by atoms with E-state index in [1.54, 1.807) is 6.21 Å². The van der Waals surface area contributed by atoms with Crippen LogP contribution in [0.1, 0.15) is 5.56 Å². The second-order valence-electron chi connectivity index (χ2n) is 6.78. The van der Waals surface area contributed by atoms with Crippen molar-refractivity contribution in [3.8, 4) is 11.3 Å². The molecule has 0 fully saturated rings. The van der Waals surface area contributed by atoms with E-state index in [0.29, 0.717) is 11.0 Å². The molecule has 0 bridgehead atoms. The van der Waals surface area contributed by atoms with Crippen molar-refractivity contribution >= 4 is 40.4 Å². The molecule has 6 heteroatoms. The van der Waals surface area contributed by atoms with Crippen molar-refractivity contribution in [1.82, 2.24) is 9.97 Å². The van der Waals surface area contributed by atoms with E-state index in [1.807, 2.05) is 86.9 Å². The molecule has 0 atom stereocenters. The fourth-order valence-corrected chi connectivity index (χ4v) is 3.10. The number of benzene rings is 3. The Kier molecular flexibility index (Phi) is 5.40. The summed E-state index contributed by atoms with van der Waals surface area (Å²) in [5.74, 6) is 0.440. The van der Waals surface area contributed by atoms with Gasteiger partial charge in [0.25, 0.3) is 0 Å². The lowest BCUT2D eigenvalue weighted by molar-refractivity contribution is 1.13. The van der Waals surface area contributed by atoms with E-state index in [4.69, 9.17) is 11.6 Å². The largest absolute Gasteiger partial charge is 0.378 e. The summed E-state index contributed by atoms with van der Waals surface area (Å²) in [6.45, 7) is 0. The van der Waals surface area contributed by atoms with Gasteiger partial charge in [-0.15, -0.1) is 0 Å². The van der Waals surface area contributed by atoms with Crippen LogP contribution in [0.5, 0.6) is 0 Å². The minimum atomic E-state index is 0.440. The van der Waals surface area contributed by atoms with E-state index >= 15 is 0 Å². The maximum Gasteiger partial charge on any atom is 0.244 e. The molecule has 0 radical (unpaired) electrons. The van der Waals surface area contributed by atoms with Gasteiger partial charge in [-0.1, -0.05) is 54.1 Å². The molecule has 0 aliphatic heterocycles. The highest BCUT2D eigenvalue weighted by Gasteiger charge is 2.09. The molecule has 144 valence electrons. The highest BCUT2D eigenvalue weighted by molar-refractivity contribution is 6.30. The zero-order chi connectivity index (χ0) is 20.2. The summed E-state index contributed by atoms with van der Waals surface area (Å²) in [5, 5.41) is 5.97. The van der Waals surface area contributed by atoms with Gasteiger partial charge >= 0.3 is 0 Å². The Hall–Kier alpha value is -3.44. The Bertz CT molecular complexity index is 1150. The molecule has 0 unspecified atom stereocenters. The number of hydrazone groups is 1. The van der Waals surface area contributed by atoms with Crippen LogP contribution in [0.25, 0.3) is 22.2 Å². The van der Waals surface area contributed by atoms with Gasteiger partial charge in [0.1, 0.15) is 0 Å². The first-order valence-corrected chi connectivity index (χ1v) is 9.57. The minimum Gasteiger partial charge on any atom is -0.378 e. The molecule has 0 amide bonds. The minimum absolute atomic E-state index is 0.440. The summed E-state index contributed by atoms with van der Waals surface area (Å²) >= 11 is 6.04. The Morgan fingerprint density at radius 1 is 0.897 bits per heavy atom. The highest BCUT2D eigenvalue weighted by atomic mass is 35.5. The quantitative estimate of drug-likeness (QED) is 0.356. The predicted octanol–water partition coefficient (Wildman–Crippen LogP) is 5.46. The van der Waals surface area contributed by atoms with Gasteiger partial charge in [-0.2, -0.15) is 5.10 Å². The number of nitrogens with one attached hydrogen (secondary N) is 1. The number of hydrogen-bond donors (Lipinski definition) is 1. The number of para-hydroxylation sites is 1. The second kappa shape index (κ2) is 8.29. The molecule has 0 spiro atoms. The van der Waals surface area contributed by atoms with Crippen LogP contribution >= 0.6 is 11.6 Å². The van der Waals surface area contributed by atoms with Crippen molar-refractivity contribution in [2.45, 2.75) is 0 Å². The van der Waals surface area contributed by atoms with Crippen LogP contribution in [0.3, 0.4) is 0 Å². The normalized spacial score (nSPS) is 11.1. The highest BCUT2D eigenvalue weighted by Crippen LogP contribution is 2.28. The van der Waals surface area contributed by atoms with Gasteiger partial charge < -0.3 is 4.90 Å². The molecule has 1 N–H and O–H groups in total. The van der Waals surface area contributed by atoms with Crippen LogP contribution in [0.15, 0.2) is 77.9 Å². The lowest BCUT2D eigenvalue weighted by atomic mass is 10.1. The van der Waals surface area contributed by atoms with E-state index in [-0.39, 0.29) is 0 Å². The van der Waals surface area contributed by atoms with Gasteiger partial charge in [-0.25, -0.2) is 15.4 Å². The first-order valence-electron chi connectivity index (χ1n) is 9.19. The number of nitrogens with zero attached hydrogens (tertiary/aromatic N) is 4. The van der Waals surface area contributed by atoms with Gasteiger partial charge in [-0.05, 0) is 35.9 Å². The van der Waals surface area contributed by atoms with E-state index in [1.165, 1.54) is 0 Å². The molecule has 29 heavy (non-hydrogen) atoms. The zero-order valence-corrected chi connectivity index (χ0v) is 16.9. The summed E-state index contributed by atoms with van der Waals surface area (Å²) in [5.41, 5.74) is 7.74. The zero-order valence-electron chi connectivity index (χ0n) is 16.2. The molecule has 5 nitrogen and oxygen atoms in total. The number of aromatic nitrogens is 2. The van der Waals surface area contributed by atoms with Crippen molar-refractivity contribution in [2.24, 2.45) is 5.10 Å². The van der Waals surface area contributed by atoms with Crippen LogP contribution in [-0.2, 0) is 0 Å². The Morgan fingerprint density at radius 3 is 2.34 bits per heavy atom. The molecular weight excluding hydrogens is 382 g/mol. The smallest absolute Gasteiger partial charge is 0.244 e. The van der Waals surface area contributed by atoms with Crippen molar-refractivity contribution in [3.05, 3.63) is 83.4 Å². The van der Waals surface area contributed by atoms with Crippen molar-refractivity contribution in [2.75, 3.05) is 24.4 Å². The van der Waals surface area contributed by atoms with Crippen LogP contribution in [0.2, 0.25) is 5.02 Å². The van der Waals surface area contributed by atoms with Crippen molar-refractivity contribution < 1.29 is 0 Å². The molecule has 1 aromatic heterocycles. The van der Waals surface area contributed by atoms with E-state index in [0.717, 1.165) is 33.4 Å². The number of hydrogen-bond acceptors (Lipinski definition) is 5. The second-order valence-corrected chi connectivity index (χ2v) is 7.21. The van der Waals surface area contributed by atoms with Gasteiger partial charge in [-0.3, -0.25) is 0 Å². The van der Waals surface area contributed by atoms with Crippen molar-refractivity contribution in [1.29, 1.82) is 0 Å². The molecule has 1 heterocycles. The van der Waals surface area contributed by atoms with E-state index in [2.05, 4.69) is 25.4 Å². The third-order valence-corrected chi connectivity index (χ3v) is 4.76. The Balaban J connectivity index is 1.63. The first-order chi connectivity index (χ1) is 14.1. The van der Waals surface area contributed by atoms with E-state index in [9.17, 15) is 0 Å². The number of anilines is 2. The maximum atomic E-state index is 6.04. The maximum absolute atomic E-state index is 6.04. The number of halogens is 1. The molecule has 0 saturated heterocycles. The molecule has 3 aromatic carbocycles. The SMILES string of the molecule is CN(C)c1ccc(C=NNc2nc(-c3ccc(Cl)cc3)c3ccccc3n2)cc1. The van der Waals surface area contributed by atoms with Gasteiger partial charge in [0.2, 0.25) is 5.95 Å². The van der Waals surface area contributed by atoms with Gasteiger partial charge in [0.05, 0.1) is 17.4 Å². The molecular formula is C23H20ClN5. The number of rotatable bonds is 5. The van der Waals surface area contributed by atoms with Crippen molar-refractivity contribution in [3.63, 3.8) is 0 Å². The summed E-state index contributed by atoms with van der Waals surface area (Å²) < 4.78 is 0. The first kappa shape index (κ1) is 18.9. The van der Waals surface area contributed by atoms with Crippen LogP contribution < -0.4 is 10.3 Å². The lowest BCUT2D eigenvalue weighted by Crippen LogP contribution is -2.08. The summed E-state index contributed by atoms with van der Waals surface area (Å²) in [7, 11) is 4.03. The average Bonchev–Trinajstić information content (AvgIpc) is 2.74. The van der Waals surface area contributed by atoms with Gasteiger partial charge in [0, 0.05) is 35.8 Å². The Morgan fingerprint density at radius 2 is 1.62 bits per heavy atom. The average molecular weight is 402 g/mol. The third-order valence-electron chi connectivity index (χ3n) is 4.51. The monoisotopic (exact) mass is 401 g/mol. The summed E-state index contributed by atoms with van der Waals surface area (Å²) in [4.78, 5) is 11.3. The van der Waals surface area contributed by atoms with Crippen LogP contribution in [-0.4, -0.2) is 30.3 Å².